The number of carbonyl (C=O) groups excluding carboxylic acids is 4. The van der Waals surface area contributed by atoms with E-state index in [1.54, 1.807) is 54.3 Å². The molecule has 1 saturated carbocycles. The molecule has 2 aromatic heterocycles. The minimum absolute atomic E-state index is 0.120. The Morgan fingerprint density at radius 1 is 0.847 bits per heavy atom. The summed E-state index contributed by atoms with van der Waals surface area (Å²) in [5.74, 6) is -3.98. The first-order chi connectivity index (χ1) is 28.3. The van der Waals surface area contributed by atoms with E-state index < -0.39 is 35.0 Å². The third-order valence-corrected chi connectivity index (χ3v) is 14.8. The summed E-state index contributed by atoms with van der Waals surface area (Å²) < 4.78 is 2.64. The number of rotatable bonds is 6. The monoisotopic (exact) mass is 821 g/mol. The first kappa shape index (κ1) is 37.2. The predicted molar refractivity (Wildman–Crippen MR) is 230 cm³/mol. The molecule has 3 fully saturated rings. The van der Waals surface area contributed by atoms with Crippen molar-refractivity contribution in [3.05, 3.63) is 130 Å². The van der Waals surface area contributed by atoms with E-state index in [9.17, 15) is 19.5 Å². The zero-order valence-electron chi connectivity index (χ0n) is 32.8. The third kappa shape index (κ3) is 5.54. The van der Waals surface area contributed by atoms with Crippen LogP contribution in [-0.2, 0) is 26.2 Å². The van der Waals surface area contributed by atoms with E-state index in [1.807, 2.05) is 92.7 Å². The molecule has 6 atom stereocenters. The summed E-state index contributed by atoms with van der Waals surface area (Å²) in [6.07, 6.45) is 2.60. The number of phenols is 1. The minimum Gasteiger partial charge on any atom is -0.508 e. The van der Waals surface area contributed by atoms with Crippen LogP contribution in [0.4, 0.5) is 22.9 Å². The third-order valence-electron chi connectivity index (χ3n) is 13.2. The summed E-state index contributed by atoms with van der Waals surface area (Å²) in [6.45, 7) is 5.68. The molecular formula is C47H40ClN5O5S. The highest BCUT2D eigenvalue weighted by Crippen LogP contribution is 2.64. The van der Waals surface area contributed by atoms with Gasteiger partial charge in [0, 0.05) is 40.1 Å². The molecule has 59 heavy (non-hydrogen) atoms. The molecule has 2 aliphatic heterocycles. The van der Waals surface area contributed by atoms with Crippen molar-refractivity contribution in [2.75, 3.05) is 15.1 Å². The molecule has 0 bridgehead atoms. The van der Waals surface area contributed by atoms with E-state index in [4.69, 9.17) is 16.7 Å². The first-order valence-corrected chi connectivity index (χ1v) is 21.0. The lowest BCUT2D eigenvalue weighted by Gasteiger charge is -2.49. The zero-order valence-corrected chi connectivity index (χ0v) is 34.3. The molecule has 2 N–H and O–H groups in total. The van der Waals surface area contributed by atoms with E-state index in [1.165, 1.54) is 9.80 Å². The van der Waals surface area contributed by atoms with Crippen LogP contribution in [0, 0.1) is 42.9 Å². The van der Waals surface area contributed by atoms with Crippen LogP contribution in [0.3, 0.4) is 0 Å². The summed E-state index contributed by atoms with van der Waals surface area (Å²) >= 11 is 7.92. The van der Waals surface area contributed by atoms with Crippen LogP contribution >= 0.6 is 22.9 Å². The Bertz CT molecular complexity index is 2810. The van der Waals surface area contributed by atoms with Gasteiger partial charge in [0.15, 0.2) is 0 Å². The molecule has 4 aliphatic rings. The molecule has 0 spiro atoms. The van der Waals surface area contributed by atoms with Gasteiger partial charge in [-0.25, -0.2) is 4.90 Å². The molecule has 2 aliphatic carbocycles. The lowest BCUT2D eigenvalue weighted by molar-refractivity contribution is -0.131. The largest absolute Gasteiger partial charge is 0.508 e. The van der Waals surface area contributed by atoms with Gasteiger partial charge in [0.25, 0.3) is 0 Å². The highest BCUT2D eigenvalue weighted by atomic mass is 35.5. The summed E-state index contributed by atoms with van der Waals surface area (Å²) in [7, 11) is 1.73. The van der Waals surface area contributed by atoms with Gasteiger partial charge in [0.2, 0.25) is 23.6 Å². The molecular weight excluding hydrogens is 782 g/mol. The standard InChI is InChI=1S/C47H40ClN5O5S/c1-24-20-26(10-18-37(24)54)41-31-16-17-32-40(45(57)52(43(32)55)30-14-12-29(13-15-30)49-28-8-6-5-7-9-28)34(31)22-35-44(56)53(46(58)47(35,41)3)39-23-36(50-51(39)4)42-25(2)33-21-27(48)11-19-38(33)59-42/h5-16,18-21,23,32,34-35,40-41,49,54H,17,22H2,1-4H3. The Kier molecular flexibility index (Phi) is 8.52. The van der Waals surface area contributed by atoms with Crippen LogP contribution < -0.4 is 15.1 Å². The molecule has 10 nitrogen and oxygen atoms in total. The van der Waals surface area contributed by atoms with E-state index in [-0.39, 0.29) is 35.8 Å². The lowest BCUT2D eigenvalue weighted by Crippen LogP contribution is -2.49. The maximum Gasteiger partial charge on any atom is 0.242 e. The van der Waals surface area contributed by atoms with Crippen LogP contribution in [0.25, 0.3) is 20.7 Å². The van der Waals surface area contributed by atoms with Crippen LogP contribution in [0.1, 0.15) is 42.4 Å². The summed E-state index contributed by atoms with van der Waals surface area (Å²) in [5, 5.41) is 20.4. The first-order valence-electron chi connectivity index (χ1n) is 19.8. The Balaban J connectivity index is 1.03. The topological polar surface area (TPSA) is 125 Å². The quantitative estimate of drug-likeness (QED) is 0.127. The molecule has 6 aromatic rings. The Morgan fingerprint density at radius 3 is 2.34 bits per heavy atom. The van der Waals surface area contributed by atoms with Gasteiger partial charge >= 0.3 is 0 Å². The van der Waals surface area contributed by atoms with Crippen LogP contribution in [0.5, 0.6) is 5.75 Å². The Labute approximate surface area is 349 Å². The van der Waals surface area contributed by atoms with Gasteiger partial charge in [-0.2, -0.15) is 5.10 Å². The van der Waals surface area contributed by atoms with E-state index in [2.05, 4.69) is 5.32 Å². The fourth-order valence-electron chi connectivity index (χ4n) is 10.3. The Morgan fingerprint density at radius 2 is 1.59 bits per heavy atom. The van der Waals surface area contributed by atoms with Gasteiger partial charge in [-0.05, 0) is 122 Å². The number of benzene rings is 4. The number of para-hydroxylation sites is 1. The second kappa shape index (κ2) is 13.5. The Hall–Kier alpha value is -6.04. The summed E-state index contributed by atoms with van der Waals surface area (Å²) in [4.78, 5) is 62.6. The number of thiophene rings is 1. The average Bonchev–Trinajstić information content (AvgIpc) is 3.90. The highest BCUT2D eigenvalue weighted by molar-refractivity contribution is 7.22. The van der Waals surface area contributed by atoms with E-state index in [0.717, 1.165) is 43.0 Å². The number of fused-ring (bicyclic) bond motifs is 5. The van der Waals surface area contributed by atoms with Gasteiger partial charge in [-0.1, -0.05) is 53.6 Å². The van der Waals surface area contributed by atoms with Crippen molar-refractivity contribution >= 4 is 79.5 Å². The fourth-order valence-corrected chi connectivity index (χ4v) is 11.6. The number of aromatic nitrogens is 2. The number of anilines is 4. The molecule has 0 radical (unpaired) electrons. The van der Waals surface area contributed by atoms with Crippen LogP contribution in [0.2, 0.25) is 5.02 Å². The van der Waals surface area contributed by atoms with Crippen LogP contribution in [-0.4, -0.2) is 38.5 Å². The maximum absolute atomic E-state index is 15.2. The van der Waals surface area contributed by atoms with Gasteiger partial charge in [-0.3, -0.25) is 28.8 Å². The highest BCUT2D eigenvalue weighted by Gasteiger charge is 2.68. The minimum atomic E-state index is -1.24. The van der Waals surface area contributed by atoms with Crippen molar-refractivity contribution < 1.29 is 24.3 Å². The van der Waals surface area contributed by atoms with Crippen molar-refractivity contribution in [1.29, 1.82) is 0 Å². The molecule has 2 saturated heterocycles. The zero-order chi connectivity index (χ0) is 41.1. The average molecular weight is 822 g/mol. The number of hydrogen-bond donors (Lipinski definition) is 2. The second-order valence-corrected chi connectivity index (χ2v) is 18.0. The molecule has 10 rings (SSSR count). The molecule has 12 heteroatoms. The number of nitrogens with zero attached hydrogens (tertiary/aromatic N) is 4. The van der Waals surface area contributed by atoms with Gasteiger partial charge in [-0.15, -0.1) is 11.3 Å². The van der Waals surface area contributed by atoms with E-state index >= 15 is 4.79 Å². The number of allylic oxidation sites excluding steroid dienone is 2. The van der Waals surface area contributed by atoms with Crippen molar-refractivity contribution in [3.8, 4) is 16.3 Å². The van der Waals surface area contributed by atoms with Gasteiger partial charge in [0.1, 0.15) is 17.3 Å². The fraction of sp³-hybridized carbons (Fsp3) is 0.255. The molecule has 6 unspecified atom stereocenters. The molecule has 4 aromatic carbocycles. The number of aromatic hydroxyl groups is 1. The van der Waals surface area contributed by atoms with Crippen molar-refractivity contribution in [3.63, 3.8) is 0 Å². The van der Waals surface area contributed by atoms with Crippen molar-refractivity contribution in [2.45, 2.75) is 39.5 Å². The maximum atomic E-state index is 15.2. The summed E-state index contributed by atoms with van der Waals surface area (Å²) in [5.41, 5.74) is 4.92. The van der Waals surface area contributed by atoms with Crippen molar-refractivity contribution in [2.24, 2.45) is 36.1 Å². The number of amides is 4. The van der Waals surface area contributed by atoms with Crippen LogP contribution in [0.15, 0.2) is 109 Å². The summed E-state index contributed by atoms with van der Waals surface area (Å²) in [6, 6.07) is 29.9. The molecule has 4 amide bonds. The number of carbonyl (C=O) groups is 4. The van der Waals surface area contributed by atoms with Crippen molar-refractivity contribution in [1.82, 2.24) is 9.78 Å². The number of halogens is 1. The molecule has 296 valence electrons. The normalized spacial score (nSPS) is 25.0. The smallest absolute Gasteiger partial charge is 0.242 e. The second-order valence-electron chi connectivity index (χ2n) is 16.5. The SMILES string of the molecule is Cc1cc(C2C3=CCC4C(=O)N(c5ccc(Nc6ccccc6)cc5)C(=O)C4C3CC3C(=O)N(c4cc(-c5sc6ccc(Cl)cc6c5C)nn4C)C(=O)C32C)ccc1O. The van der Waals surface area contributed by atoms with Gasteiger partial charge in [0.05, 0.1) is 33.7 Å². The van der Waals surface area contributed by atoms with E-state index in [0.29, 0.717) is 34.2 Å². The number of nitrogens with one attached hydrogen (secondary N) is 1. The number of phenolic OH excluding ortho intramolecular Hbond substituents is 1. The predicted octanol–water partition coefficient (Wildman–Crippen LogP) is 9.46. The number of aryl methyl sites for hydroxylation is 3. The number of hydrogen-bond acceptors (Lipinski definition) is 8. The van der Waals surface area contributed by atoms with Gasteiger partial charge < -0.3 is 10.4 Å². The lowest BCUT2D eigenvalue weighted by atomic mass is 9.51. The number of imide groups is 2. The molecule has 4 heterocycles.